The van der Waals surface area contributed by atoms with Crippen LogP contribution in [0, 0.1) is 0 Å². The van der Waals surface area contributed by atoms with Crippen molar-refractivity contribution in [2.24, 2.45) is 0 Å². The number of hydrogen-bond acceptors (Lipinski definition) is 8. The predicted molar refractivity (Wildman–Crippen MR) is 150 cm³/mol. The number of fused-ring (bicyclic) bond motifs is 3. The normalized spacial score (nSPS) is 17.8. The van der Waals surface area contributed by atoms with Crippen molar-refractivity contribution in [1.29, 1.82) is 0 Å². The standard InChI is InChI=1S/C30H30N4O6/c1-38-22-9-8-19(25(11-22)39-2)14-33-16-24(30(36)37)27(35)23-12-26(40-17-18-6-4-3-5-7-18)29(32-28(23)33)34-15-20-10-21(34)13-31-20/h3-9,11-12,16,20-21,31H,10,13-15,17H2,1-2H3,(H,36,37). The number of carboxylic acids is 1. The van der Waals surface area contributed by atoms with Gasteiger partial charge in [-0.25, -0.2) is 9.78 Å². The molecule has 2 atom stereocenters. The molecule has 2 aliphatic heterocycles. The summed E-state index contributed by atoms with van der Waals surface area (Å²) >= 11 is 0. The Bertz CT molecular complexity index is 1640. The minimum Gasteiger partial charge on any atom is -0.497 e. The molecule has 2 bridgehead atoms. The van der Waals surface area contributed by atoms with Gasteiger partial charge in [-0.3, -0.25) is 4.79 Å². The molecular weight excluding hydrogens is 512 g/mol. The monoisotopic (exact) mass is 542 g/mol. The third kappa shape index (κ3) is 4.71. The number of rotatable bonds is 9. The molecule has 10 heteroatoms. The topological polar surface area (TPSA) is 115 Å². The first kappa shape index (κ1) is 25.7. The molecule has 0 amide bonds. The Kier molecular flexibility index (Phi) is 6.77. The van der Waals surface area contributed by atoms with E-state index in [2.05, 4.69) is 10.2 Å². The molecule has 2 saturated heterocycles. The molecule has 0 saturated carbocycles. The number of aromatic carboxylic acids is 1. The van der Waals surface area contributed by atoms with Crippen LogP contribution in [0.15, 0.2) is 65.6 Å². The van der Waals surface area contributed by atoms with Gasteiger partial charge in [0.1, 0.15) is 29.3 Å². The van der Waals surface area contributed by atoms with Crippen LogP contribution in [0.25, 0.3) is 11.0 Å². The zero-order chi connectivity index (χ0) is 27.8. The number of methoxy groups -OCH3 is 2. The van der Waals surface area contributed by atoms with E-state index in [9.17, 15) is 14.7 Å². The van der Waals surface area contributed by atoms with E-state index in [1.807, 2.05) is 42.5 Å². The van der Waals surface area contributed by atoms with Crippen molar-refractivity contribution >= 4 is 22.8 Å². The van der Waals surface area contributed by atoms with Gasteiger partial charge in [0.2, 0.25) is 5.43 Å². The van der Waals surface area contributed by atoms with Gasteiger partial charge >= 0.3 is 5.97 Å². The van der Waals surface area contributed by atoms with Gasteiger partial charge in [-0.15, -0.1) is 0 Å². The number of ether oxygens (including phenoxy) is 3. The number of carboxylic acid groups (broad SMARTS) is 1. The number of aromatic nitrogens is 2. The van der Waals surface area contributed by atoms with Crippen LogP contribution < -0.4 is 29.9 Å². The maximum absolute atomic E-state index is 13.4. The van der Waals surface area contributed by atoms with Gasteiger partial charge in [0.15, 0.2) is 11.6 Å². The molecule has 2 fully saturated rings. The van der Waals surface area contributed by atoms with Crippen molar-refractivity contribution in [3.63, 3.8) is 0 Å². The van der Waals surface area contributed by atoms with E-state index in [-0.39, 0.29) is 30.1 Å². The fourth-order valence-corrected chi connectivity index (χ4v) is 5.59. The quantitative estimate of drug-likeness (QED) is 0.329. The van der Waals surface area contributed by atoms with Crippen molar-refractivity contribution in [3.05, 3.63) is 87.7 Å². The molecule has 2 N–H and O–H groups in total. The average molecular weight is 543 g/mol. The van der Waals surface area contributed by atoms with Crippen LogP contribution in [0.5, 0.6) is 17.2 Å². The lowest BCUT2D eigenvalue weighted by atomic mass is 10.1. The summed E-state index contributed by atoms with van der Waals surface area (Å²) in [5.74, 6) is 1.01. The summed E-state index contributed by atoms with van der Waals surface area (Å²) < 4.78 is 18.9. The summed E-state index contributed by atoms with van der Waals surface area (Å²) in [5.41, 5.74) is 1.19. The van der Waals surface area contributed by atoms with Crippen LogP contribution in [-0.4, -0.2) is 60.0 Å². The lowest BCUT2D eigenvalue weighted by Crippen LogP contribution is -2.44. The highest BCUT2D eigenvalue weighted by atomic mass is 16.5. The zero-order valence-corrected chi connectivity index (χ0v) is 22.3. The largest absolute Gasteiger partial charge is 0.497 e. The van der Waals surface area contributed by atoms with E-state index in [0.29, 0.717) is 34.8 Å². The molecule has 2 unspecified atom stereocenters. The number of hydrogen-bond donors (Lipinski definition) is 2. The Balaban J connectivity index is 1.51. The maximum atomic E-state index is 13.4. The SMILES string of the molecule is COc1ccc(Cn2cc(C(=O)O)c(=O)c3cc(OCc4ccccc4)c(N4CC5CC4CN5)nc32)c(OC)c1. The highest BCUT2D eigenvalue weighted by molar-refractivity contribution is 5.92. The first-order valence-electron chi connectivity index (χ1n) is 13.1. The van der Waals surface area contributed by atoms with E-state index in [1.54, 1.807) is 30.9 Å². The molecule has 2 aromatic heterocycles. The summed E-state index contributed by atoms with van der Waals surface area (Å²) in [6.45, 7) is 2.14. The molecule has 0 spiro atoms. The molecule has 10 nitrogen and oxygen atoms in total. The lowest BCUT2D eigenvalue weighted by molar-refractivity contribution is 0.0695. The molecule has 206 valence electrons. The molecule has 0 radical (unpaired) electrons. The minimum atomic E-state index is -1.30. The number of pyridine rings is 2. The number of piperazine rings is 1. The third-order valence-electron chi connectivity index (χ3n) is 7.63. The second kappa shape index (κ2) is 10.5. The van der Waals surface area contributed by atoms with Crippen molar-refractivity contribution < 1.29 is 24.1 Å². The molecule has 40 heavy (non-hydrogen) atoms. The van der Waals surface area contributed by atoms with Crippen molar-refractivity contribution in [3.8, 4) is 17.2 Å². The van der Waals surface area contributed by atoms with Crippen molar-refractivity contribution in [1.82, 2.24) is 14.9 Å². The second-order valence-corrected chi connectivity index (χ2v) is 10.1. The average Bonchev–Trinajstić information content (AvgIpc) is 3.62. The van der Waals surface area contributed by atoms with Gasteiger partial charge in [-0.1, -0.05) is 30.3 Å². The highest BCUT2D eigenvalue weighted by Crippen LogP contribution is 2.37. The van der Waals surface area contributed by atoms with E-state index < -0.39 is 11.4 Å². The lowest BCUT2D eigenvalue weighted by Gasteiger charge is -2.30. The summed E-state index contributed by atoms with van der Waals surface area (Å²) in [6, 6.07) is 17.4. The smallest absolute Gasteiger partial charge is 0.341 e. The third-order valence-corrected chi connectivity index (χ3v) is 7.63. The Hall–Kier alpha value is -4.57. The van der Waals surface area contributed by atoms with Gasteiger partial charge in [-0.05, 0) is 30.2 Å². The Labute approximate surface area is 230 Å². The van der Waals surface area contributed by atoms with Gasteiger partial charge < -0.3 is 34.1 Å². The molecule has 4 aromatic rings. The van der Waals surface area contributed by atoms with Crippen molar-refractivity contribution in [2.45, 2.75) is 31.7 Å². The number of nitrogens with zero attached hydrogens (tertiary/aromatic N) is 3. The molecule has 6 rings (SSSR count). The summed E-state index contributed by atoms with van der Waals surface area (Å²) in [5, 5.41) is 13.6. The molecule has 4 heterocycles. The van der Waals surface area contributed by atoms with Crippen LogP contribution in [0.4, 0.5) is 5.82 Å². The van der Waals surface area contributed by atoms with Crippen LogP contribution in [0.3, 0.4) is 0 Å². The van der Waals surface area contributed by atoms with Gasteiger partial charge in [0.25, 0.3) is 0 Å². The molecule has 2 aliphatic rings. The zero-order valence-electron chi connectivity index (χ0n) is 22.3. The molecule has 0 aliphatic carbocycles. The van der Waals surface area contributed by atoms with Crippen LogP contribution in [0.2, 0.25) is 0 Å². The Morgan fingerprint density at radius 1 is 1.10 bits per heavy atom. The van der Waals surface area contributed by atoms with E-state index >= 15 is 0 Å². The number of benzene rings is 2. The fraction of sp³-hybridized carbons (Fsp3) is 0.300. The molecular formula is C30H30N4O6. The Morgan fingerprint density at radius 3 is 2.60 bits per heavy atom. The fourth-order valence-electron chi connectivity index (χ4n) is 5.59. The first-order valence-corrected chi connectivity index (χ1v) is 13.1. The van der Waals surface area contributed by atoms with Crippen molar-refractivity contribution in [2.75, 3.05) is 32.2 Å². The minimum absolute atomic E-state index is 0.182. The molecule has 2 aromatic carbocycles. The highest BCUT2D eigenvalue weighted by Gasteiger charge is 2.39. The van der Waals surface area contributed by atoms with Crippen LogP contribution >= 0.6 is 0 Å². The second-order valence-electron chi connectivity index (χ2n) is 10.1. The van der Waals surface area contributed by atoms with Gasteiger partial charge in [-0.2, -0.15) is 0 Å². The van der Waals surface area contributed by atoms with Gasteiger partial charge in [0, 0.05) is 43.0 Å². The maximum Gasteiger partial charge on any atom is 0.341 e. The number of carbonyl (C=O) groups is 1. The Morgan fingerprint density at radius 2 is 1.93 bits per heavy atom. The number of nitrogens with one attached hydrogen (secondary N) is 1. The summed E-state index contributed by atoms with van der Waals surface area (Å²) in [6.07, 6.45) is 2.36. The van der Waals surface area contributed by atoms with Crippen LogP contribution in [0.1, 0.15) is 27.9 Å². The van der Waals surface area contributed by atoms with Gasteiger partial charge in [0.05, 0.1) is 26.2 Å². The van der Waals surface area contributed by atoms with E-state index in [4.69, 9.17) is 19.2 Å². The summed E-state index contributed by atoms with van der Waals surface area (Å²) in [7, 11) is 3.14. The van der Waals surface area contributed by atoms with E-state index in [0.717, 1.165) is 30.6 Å². The van der Waals surface area contributed by atoms with Crippen LogP contribution in [-0.2, 0) is 13.2 Å². The first-order chi connectivity index (χ1) is 19.4. The predicted octanol–water partition coefficient (Wildman–Crippen LogP) is 3.29. The summed E-state index contributed by atoms with van der Waals surface area (Å²) in [4.78, 5) is 32.8. The number of anilines is 1. The van der Waals surface area contributed by atoms with E-state index in [1.165, 1.54) is 6.20 Å².